The zero-order valence-electron chi connectivity index (χ0n) is 9.28. The highest BCUT2D eigenvalue weighted by Crippen LogP contribution is 2.37. The highest BCUT2D eigenvalue weighted by molar-refractivity contribution is 6.20. The zero-order chi connectivity index (χ0) is 9.90. The summed E-state index contributed by atoms with van der Waals surface area (Å²) < 4.78 is 0. The molecule has 1 aliphatic rings. The van der Waals surface area contributed by atoms with Gasteiger partial charge in [-0.1, -0.05) is 27.2 Å². The summed E-state index contributed by atoms with van der Waals surface area (Å²) in [7, 11) is 0. The van der Waals surface area contributed by atoms with E-state index in [1.165, 1.54) is 38.5 Å². The smallest absolute Gasteiger partial charge is 0.0336 e. The lowest BCUT2D eigenvalue weighted by Gasteiger charge is -2.32. The van der Waals surface area contributed by atoms with Crippen molar-refractivity contribution in [1.29, 1.82) is 0 Å². The van der Waals surface area contributed by atoms with E-state index in [2.05, 4.69) is 20.8 Å². The van der Waals surface area contributed by atoms with Gasteiger partial charge in [-0.3, -0.25) is 0 Å². The largest absolute Gasteiger partial charge is 0.123 e. The van der Waals surface area contributed by atoms with Gasteiger partial charge in [0.2, 0.25) is 0 Å². The minimum absolute atomic E-state index is 0.473. The van der Waals surface area contributed by atoms with E-state index < -0.39 is 0 Å². The van der Waals surface area contributed by atoms with Crippen molar-refractivity contribution in [3.05, 3.63) is 0 Å². The monoisotopic (exact) mass is 202 g/mol. The Morgan fingerprint density at radius 3 is 2.15 bits per heavy atom. The summed E-state index contributed by atoms with van der Waals surface area (Å²) in [4.78, 5) is 0. The van der Waals surface area contributed by atoms with Crippen molar-refractivity contribution >= 4 is 11.6 Å². The Bertz CT molecular complexity index is 143. The molecule has 0 aliphatic heterocycles. The molecular weight excluding hydrogens is 180 g/mol. The van der Waals surface area contributed by atoms with Crippen molar-refractivity contribution < 1.29 is 0 Å². The van der Waals surface area contributed by atoms with E-state index in [1.807, 2.05) is 0 Å². The normalized spacial score (nSPS) is 30.5. The third-order valence-electron chi connectivity index (χ3n) is 3.57. The molecule has 1 saturated carbocycles. The van der Waals surface area contributed by atoms with Crippen molar-refractivity contribution in [2.45, 2.75) is 64.7 Å². The van der Waals surface area contributed by atoms with Crippen LogP contribution in [0.4, 0.5) is 0 Å². The molecule has 78 valence electrons. The van der Waals surface area contributed by atoms with Crippen LogP contribution in [0.1, 0.15) is 59.3 Å². The minimum Gasteiger partial charge on any atom is -0.123 e. The number of halogens is 1. The van der Waals surface area contributed by atoms with E-state index in [9.17, 15) is 0 Å². The molecule has 1 fully saturated rings. The van der Waals surface area contributed by atoms with Crippen LogP contribution in [0, 0.1) is 11.3 Å². The molecule has 13 heavy (non-hydrogen) atoms. The molecular formula is C12H23Cl. The predicted octanol–water partition coefficient (Wildman–Crippen LogP) is 4.61. The van der Waals surface area contributed by atoms with E-state index in [0.717, 1.165) is 5.92 Å². The lowest BCUT2D eigenvalue weighted by atomic mass is 9.75. The summed E-state index contributed by atoms with van der Waals surface area (Å²) in [5.41, 5.74) is 0.545. The van der Waals surface area contributed by atoms with Crippen molar-refractivity contribution in [2.24, 2.45) is 11.3 Å². The van der Waals surface area contributed by atoms with Gasteiger partial charge in [0.15, 0.2) is 0 Å². The maximum atomic E-state index is 6.09. The first kappa shape index (κ1) is 11.4. The van der Waals surface area contributed by atoms with Crippen LogP contribution in [0.2, 0.25) is 0 Å². The molecule has 0 spiro atoms. The van der Waals surface area contributed by atoms with Crippen LogP contribution in [-0.4, -0.2) is 5.38 Å². The molecule has 0 radical (unpaired) electrons. The number of alkyl halides is 1. The van der Waals surface area contributed by atoms with Gasteiger partial charge in [0.1, 0.15) is 0 Å². The molecule has 0 heterocycles. The summed E-state index contributed by atoms with van der Waals surface area (Å²) in [6.07, 6.45) is 7.90. The third-order valence-corrected chi connectivity index (χ3v) is 4.01. The first-order valence-electron chi connectivity index (χ1n) is 5.67. The SMILES string of the molecule is CCC(C)(C)CC1CCC(Cl)CC1. The van der Waals surface area contributed by atoms with Crippen LogP contribution >= 0.6 is 11.6 Å². The lowest BCUT2D eigenvalue weighted by Crippen LogP contribution is -2.21. The maximum Gasteiger partial charge on any atom is 0.0336 e. The van der Waals surface area contributed by atoms with Gasteiger partial charge in [0, 0.05) is 5.38 Å². The zero-order valence-corrected chi connectivity index (χ0v) is 10.0. The predicted molar refractivity (Wildman–Crippen MR) is 60.3 cm³/mol. The van der Waals surface area contributed by atoms with Gasteiger partial charge in [-0.05, 0) is 43.4 Å². The number of rotatable bonds is 3. The van der Waals surface area contributed by atoms with E-state index in [-0.39, 0.29) is 0 Å². The fourth-order valence-electron chi connectivity index (χ4n) is 2.25. The third kappa shape index (κ3) is 3.89. The minimum atomic E-state index is 0.473. The number of hydrogen-bond acceptors (Lipinski definition) is 0. The molecule has 0 aromatic rings. The highest BCUT2D eigenvalue weighted by Gasteiger charge is 2.25. The molecule has 0 unspecified atom stereocenters. The Hall–Kier alpha value is 0.290. The number of hydrogen-bond donors (Lipinski definition) is 0. The molecule has 1 heteroatoms. The Kier molecular flexibility index (Phi) is 4.09. The van der Waals surface area contributed by atoms with E-state index in [1.54, 1.807) is 0 Å². The molecule has 0 bridgehead atoms. The van der Waals surface area contributed by atoms with Gasteiger partial charge in [0.25, 0.3) is 0 Å². The maximum absolute atomic E-state index is 6.09. The highest BCUT2D eigenvalue weighted by atomic mass is 35.5. The Balaban J connectivity index is 2.30. The van der Waals surface area contributed by atoms with E-state index >= 15 is 0 Å². The van der Waals surface area contributed by atoms with Crippen molar-refractivity contribution in [2.75, 3.05) is 0 Å². The molecule has 0 N–H and O–H groups in total. The average Bonchev–Trinajstić information content (AvgIpc) is 2.09. The van der Waals surface area contributed by atoms with Crippen LogP contribution < -0.4 is 0 Å². The summed E-state index contributed by atoms with van der Waals surface area (Å²) in [6, 6.07) is 0. The van der Waals surface area contributed by atoms with Crippen LogP contribution in [0.3, 0.4) is 0 Å². The molecule has 1 rings (SSSR count). The average molecular weight is 203 g/mol. The fraction of sp³-hybridized carbons (Fsp3) is 1.00. The Labute approximate surface area is 88.1 Å². The standard InChI is InChI=1S/C12H23Cl/c1-4-12(2,3)9-10-5-7-11(13)8-6-10/h10-11H,4-9H2,1-3H3. The topological polar surface area (TPSA) is 0 Å². The van der Waals surface area contributed by atoms with Gasteiger partial charge in [-0.2, -0.15) is 0 Å². The summed E-state index contributed by atoms with van der Waals surface area (Å²) in [6.45, 7) is 7.08. The lowest BCUT2D eigenvalue weighted by molar-refractivity contribution is 0.217. The first-order chi connectivity index (χ1) is 6.03. The molecule has 0 amide bonds. The van der Waals surface area contributed by atoms with E-state index in [0.29, 0.717) is 10.8 Å². The quantitative estimate of drug-likeness (QED) is 0.587. The molecule has 0 saturated heterocycles. The summed E-state index contributed by atoms with van der Waals surface area (Å²) >= 11 is 6.09. The van der Waals surface area contributed by atoms with Crippen LogP contribution in [-0.2, 0) is 0 Å². The second kappa shape index (κ2) is 4.68. The molecule has 0 aromatic carbocycles. The molecule has 0 aromatic heterocycles. The molecule has 0 atom stereocenters. The second-order valence-electron chi connectivity index (χ2n) is 5.34. The molecule has 1 aliphatic carbocycles. The van der Waals surface area contributed by atoms with Crippen molar-refractivity contribution in [1.82, 2.24) is 0 Å². The van der Waals surface area contributed by atoms with Gasteiger partial charge in [-0.15, -0.1) is 11.6 Å². The summed E-state index contributed by atoms with van der Waals surface area (Å²) in [5.74, 6) is 0.949. The fourth-order valence-corrected chi connectivity index (χ4v) is 2.50. The van der Waals surface area contributed by atoms with Crippen LogP contribution in [0.25, 0.3) is 0 Å². The van der Waals surface area contributed by atoms with Crippen LogP contribution in [0.5, 0.6) is 0 Å². The Morgan fingerprint density at radius 2 is 1.69 bits per heavy atom. The second-order valence-corrected chi connectivity index (χ2v) is 5.96. The van der Waals surface area contributed by atoms with Gasteiger partial charge < -0.3 is 0 Å². The summed E-state index contributed by atoms with van der Waals surface area (Å²) in [5, 5.41) is 0.473. The van der Waals surface area contributed by atoms with Gasteiger partial charge >= 0.3 is 0 Å². The van der Waals surface area contributed by atoms with Gasteiger partial charge in [-0.25, -0.2) is 0 Å². The molecule has 0 nitrogen and oxygen atoms in total. The van der Waals surface area contributed by atoms with Gasteiger partial charge in [0.05, 0.1) is 0 Å². The first-order valence-corrected chi connectivity index (χ1v) is 6.11. The van der Waals surface area contributed by atoms with Crippen molar-refractivity contribution in [3.8, 4) is 0 Å². The van der Waals surface area contributed by atoms with Crippen LogP contribution in [0.15, 0.2) is 0 Å². The van der Waals surface area contributed by atoms with Crippen molar-refractivity contribution in [3.63, 3.8) is 0 Å². The Morgan fingerprint density at radius 1 is 1.15 bits per heavy atom. The van der Waals surface area contributed by atoms with E-state index in [4.69, 9.17) is 11.6 Å².